The van der Waals surface area contributed by atoms with Crippen LogP contribution in [0.25, 0.3) is 10.8 Å². The zero-order chi connectivity index (χ0) is 33.3. The van der Waals surface area contributed by atoms with Gasteiger partial charge in [-0.3, -0.25) is 24.1 Å². The van der Waals surface area contributed by atoms with Gasteiger partial charge in [0.2, 0.25) is 12.3 Å². The minimum atomic E-state index is -0.591. The Kier molecular flexibility index (Phi) is 9.28. The average Bonchev–Trinajstić information content (AvgIpc) is 3.10. The minimum Gasteiger partial charge on any atom is -0.380 e. The largest absolute Gasteiger partial charge is 0.380 e. The molecule has 0 aliphatic carbocycles. The number of rotatable bonds is 8. The fourth-order valence-corrected chi connectivity index (χ4v) is 8.35. The minimum absolute atomic E-state index is 0.00666. The molecule has 11 nitrogen and oxygen atoms in total. The maximum atomic E-state index is 14.9. The number of aromatic amines is 1. The van der Waals surface area contributed by atoms with Gasteiger partial charge in [0.05, 0.1) is 36.4 Å². The lowest BCUT2D eigenvalue weighted by Gasteiger charge is -2.55. The Hall–Kier alpha value is -4.16. The van der Waals surface area contributed by atoms with E-state index in [4.69, 9.17) is 4.74 Å². The number of carbonyl (C=O) groups excluding carboxylic acids is 3. The number of fused-ring (bicyclic) bond motifs is 1. The van der Waals surface area contributed by atoms with Crippen LogP contribution < -0.4 is 5.56 Å². The Morgan fingerprint density at radius 2 is 1.54 bits per heavy atom. The number of ether oxygens (including phenoxy) is 1. The molecule has 5 heterocycles. The van der Waals surface area contributed by atoms with Gasteiger partial charge in [0.25, 0.3) is 11.5 Å². The molecule has 4 fully saturated rings. The number of piperazine rings is 1. The number of likely N-dealkylation sites (tertiary alicyclic amines) is 2. The van der Waals surface area contributed by atoms with Crippen molar-refractivity contribution in [2.75, 3.05) is 72.1 Å². The monoisotopic (exact) mass is 658 g/mol. The average molecular weight is 659 g/mol. The summed E-state index contributed by atoms with van der Waals surface area (Å²) in [6.07, 6.45) is 5.47. The van der Waals surface area contributed by atoms with Gasteiger partial charge in [-0.15, -0.1) is 0 Å². The van der Waals surface area contributed by atoms with Crippen molar-refractivity contribution < 1.29 is 23.5 Å². The van der Waals surface area contributed by atoms with Crippen LogP contribution >= 0.6 is 0 Å². The van der Waals surface area contributed by atoms with Gasteiger partial charge < -0.3 is 19.4 Å². The number of aromatic nitrogens is 2. The highest BCUT2D eigenvalue weighted by atomic mass is 19.1. The standard InChI is InChI=1S/C36H43FN6O5/c37-31-6-5-25(20-32-28-3-1-2-4-29(28)34(46)39-38-32)19-30(31)35(47)43-17-15-42(16-18-43)33(45)21-40-11-7-26(8-12-40)36(22-48-23-36)27-9-13-41(24-44)14-10-27/h1-6,19,24,26-27H,7-18,20-23H2,(H,39,46). The maximum absolute atomic E-state index is 14.9. The summed E-state index contributed by atoms with van der Waals surface area (Å²) in [4.78, 5) is 57.7. The molecule has 3 amide bonds. The number of H-pyrrole nitrogens is 1. The van der Waals surface area contributed by atoms with Gasteiger partial charge in [-0.25, -0.2) is 9.49 Å². The summed E-state index contributed by atoms with van der Waals surface area (Å²) < 4.78 is 20.7. The lowest BCUT2D eigenvalue weighted by molar-refractivity contribution is -0.194. The Bertz CT molecular complexity index is 1720. The van der Waals surface area contributed by atoms with Gasteiger partial charge in [0.1, 0.15) is 5.82 Å². The summed E-state index contributed by atoms with van der Waals surface area (Å²) in [6.45, 7) is 6.91. The Labute approximate surface area is 279 Å². The molecule has 1 aromatic heterocycles. The molecule has 254 valence electrons. The van der Waals surface area contributed by atoms with Gasteiger partial charge in [-0.05, 0) is 74.4 Å². The first-order chi connectivity index (χ1) is 23.3. The van der Waals surface area contributed by atoms with E-state index in [0.29, 0.717) is 73.0 Å². The summed E-state index contributed by atoms with van der Waals surface area (Å²) in [5.41, 5.74) is 1.28. The van der Waals surface area contributed by atoms with Gasteiger partial charge in [0.15, 0.2) is 0 Å². The van der Waals surface area contributed by atoms with Crippen LogP contribution in [0.1, 0.15) is 47.3 Å². The third-order valence-corrected chi connectivity index (χ3v) is 11.3. The fraction of sp³-hybridized carbons (Fsp3) is 0.528. The van der Waals surface area contributed by atoms with Crippen molar-refractivity contribution in [1.29, 1.82) is 0 Å². The van der Waals surface area contributed by atoms with Crippen molar-refractivity contribution in [3.05, 3.63) is 75.5 Å². The smallest absolute Gasteiger partial charge is 0.272 e. The third kappa shape index (κ3) is 6.35. The van der Waals surface area contributed by atoms with Gasteiger partial charge in [-0.2, -0.15) is 5.10 Å². The Balaban J connectivity index is 0.907. The quantitative estimate of drug-likeness (QED) is 0.370. The molecule has 4 aliphatic rings. The number of hydrogen-bond donors (Lipinski definition) is 1. The molecule has 2 aromatic carbocycles. The normalized spacial score (nSPS) is 20.9. The van der Waals surface area contributed by atoms with Crippen molar-refractivity contribution in [3.8, 4) is 0 Å². The molecule has 0 radical (unpaired) electrons. The van der Waals surface area contributed by atoms with E-state index in [1.165, 1.54) is 6.07 Å². The molecule has 0 spiro atoms. The molecule has 0 bridgehead atoms. The molecule has 0 atom stereocenters. The molecule has 3 aromatic rings. The van der Waals surface area contributed by atoms with Crippen molar-refractivity contribution in [3.63, 3.8) is 0 Å². The lowest BCUT2D eigenvalue weighted by Crippen LogP contribution is -2.58. The first-order valence-corrected chi connectivity index (χ1v) is 17.2. The highest BCUT2D eigenvalue weighted by Crippen LogP contribution is 2.50. The van der Waals surface area contributed by atoms with Crippen LogP contribution in [-0.2, 0) is 20.7 Å². The molecule has 4 saturated heterocycles. The predicted molar refractivity (Wildman–Crippen MR) is 177 cm³/mol. The predicted octanol–water partition coefficient (Wildman–Crippen LogP) is 2.53. The van der Waals surface area contributed by atoms with E-state index < -0.39 is 11.7 Å². The maximum Gasteiger partial charge on any atom is 0.272 e. The third-order valence-electron chi connectivity index (χ3n) is 11.3. The van der Waals surface area contributed by atoms with Crippen molar-refractivity contribution in [2.24, 2.45) is 17.3 Å². The van der Waals surface area contributed by atoms with E-state index in [9.17, 15) is 23.6 Å². The van der Waals surface area contributed by atoms with Crippen LogP contribution in [-0.4, -0.2) is 120 Å². The van der Waals surface area contributed by atoms with Crippen molar-refractivity contribution >= 4 is 29.0 Å². The number of carbonyl (C=O) groups is 3. The zero-order valence-corrected chi connectivity index (χ0v) is 27.2. The molecule has 0 unspecified atom stereocenters. The van der Waals surface area contributed by atoms with Crippen LogP contribution in [0.4, 0.5) is 4.39 Å². The Morgan fingerprint density at radius 3 is 2.19 bits per heavy atom. The van der Waals surface area contributed by atoms with Gasteiger partial charge >= 0.3 is 0 Å². The molecule has 48 heavy (non-hydrogen) atoms. The summed E-state index contributed by atoms with van der Waals surface area (Å²) in [5, 5.41) is 7.98. The summed E-state index contributed by atoms with van der Waals surface area (Å²) in [7, 11) is 0. The lowest BCUT2D eigenvalue weighted by atomic mass is 9.59. The van der Waals surface area contributed by atoms with E-state index >= 15 is 0 Å². The summed E-state index contributed by atoms with van der Waals surface area (Å²) in [6, 6.07) is 11.7. The van der Waals surface area contributed by atoms with E-state index in [0.717, 1.165) is 71.5 Å². The first kappa shape index (κ1) is 32.4. The van der Waals surface area contributed by atoms with E-state index in [-0.39, 0.29) is 22.4 Å². The van der Waals surface area contributed by atoms with Gasteiger partial charge in [-0.1, -0.05) is 24.3 Å². The second-order valence-electron chi connectivity index (χ2n) is 13.9. The number of piperidine rings is 2. The number of hydrogen-bond acceptors (Lipinski definition) is 7. The second kappa shape index (κ2) is 13.8. The summed E-state index contributed by atoms with van der Waals surface area (Å²) in [5.74, 6) is 0.243. The highest BCUT2D eigenvalue weighted by Gasteiger charge is 2.52. The van der Waals surface area contributed by atoms with Crippen LogP contribution in [0.15, 0.2) is 47.3 Å². The Morgan fingerprint density at radius 1 is 0.896 bits per heavy atom. The van der Waals surface area contributed by atoms with E-state index in [1.807, 2.05) is 21.9 Å². The molecule has 0 saturated carbocycles. The number of amides is 3. The molecule has 4 aliphatic heterocycles. The molecule has 12 heteroatoms. The number of halogens is 1. The first-order valence-electron chi connectivity index (χ1n) is 17.2. The van der Waals surface area contributed by atoms with Gasteiger partial charge in [0, 0.05) is 56.5 Å². The highest BCUT2D eigenvalue weighted by molar-refractivity contribution is 5.95. The van der Waals surface area contributed by atoms with Crippen LogP contribution in [0.3, 0.4) is 0 Å². The number of nitrogens with zero attached hydrogens (tertiary/aromatic N) is 5. The SMILES string of the molecule is O=CN1CCC(C2(C3CCN(CC(=O)N4CCN(C(=O)c5cc(Cc6n[nH]c(=O)c7ccccc67)ccc5F)CC4)CC3)COC2)CC1. The summed E-state index contributed by atoms with van der Waals surface area (Å²) >= 11 is 0. The molecule has 1 N–H and O–H groups in total. The van der Waals surface area contributed by atoms with E-state index in [1.54, 1.807) is 29.2 Å². The molecule has 7 rings (SSSR count). The number of nitrogens with one attached hydrogen (secondary N) is 1. The second-order valence-corrected chi connectivity index (χ2v) is 13.9. The fourth-order valence-electron chi connectivity index (χ4n) is 8.35. The number of benzene rings is 2. The van der Waals surface area contributed by atoms with Crippen LogP contribution in [0.5, 0.6) is 0 Å². The van der Waals surface area contributed by atoms with Crippen molar-refractivity contribution in [2.45, 2.75) is 32.1 Å². The molecular formula is C36H43FN6O5. The van der Waals surface area contributed by atoms with Crippen LogP contribution in [0, 0.1) is 23.1 Å². The molecular weight excluding hydrogens is 615 g/mol. The van der Waals surface area contributed by atoms with Crippen molar-refractivity contribution in [1.82, 2.24) is 29.8 Å². The zero-order valence-electron chi connectivity index (χ0n) is 27.2. The van der Waals surface area contributed by atoms with Crippen LogP contribution in [0.2, 0.25) is 0 Å². The topological polar surface area (TPSA) is 119 Å². The van der Waals surface area contributed by atoms with E-state index in [2.05, 4.69) is 15.1 Å².